The van der Waals surface area contributed by atoms with E-state index in [9.17, 15) is 4.79 Å². The van der Waals surface area contributed by atoms with Crippen LogP contribution < -0.4 is 5.32 Å². The van der Waals surface area contributed by atoms with Crippen molar-refractivity contribution in [3.05, 3.63) is 47.4 Å². The molecule has 0 aliphatic carbocycles. The molecular weight excluding hydrogens is 388 g/mol. The molecule has 0 spiro atoms. The number of hydrogen-bond donors (Lipinski definition) is 1. The van der Waals surface area contributed by atoms with Gasteiger partial charge >= 0.3 is 6.09 Å². The molecule has 1 fully saturated rings. The zero-order chi connectivity index (χ0) is 20.9. The summed E-state index contributed by atoms with van der Waals surface area (Å²) >= 11 is 5.90. The third-order valence-corrected chi connectivity index (χ3v) is 5.06. The number of benzene rings is 1. The molecule has 2 aromatic rings. The van der Waals surface area contributed by atoms with E-state index >= 15 is 0 Å². The highest BCUT2D eigenvalue weighted by Crippen LogP contribution is 2.21. The van der Waals surface area contributed by atoms with Crippen LogP contribution >= 0.6 is 11.6 Å². The van der Waals surface area contributed by atoms with Gasteiger partial charge in [-0.25, -0.2) is 14.8 Å². The lowest BCUT2D eigenvalue weighted by molar-refractivity contribution is 0.0184. The van der Waals surface area contributed by atoms with Crippen LogP contribution in [0.4, 0.5) is 4.79 Å². The fourth-order valence-electron chi connectivity index (χ4n) is 3.40. The second-order valence-electron chi connectivity index (χ2n) is 8.45. The Labute approximate surface area is 177 Å². The van der Waals surface area contributed by atoms with E-state index in [0.717, 1.165) is 50.3 Å². The van der Waals surface area contributed by atoms with Crippen LogP contribution in [0.1, 0.15) is 39.2 Å². The maximum absolute atomic E-state index is 12.2. The van der Waals surface area contributed by atoms with Crippen molar-refractivity contribution in [2.45, 2.75) is 45.8 Å². The molecule has 7 heteroatoms. The fourth-order valence-corrected chi connectivity index (χ4v) is 3.55. The Kier molecular flexibility index (Phi) is 7.09. The van der Waals surface area contributed by atoms with Crippen molar-refractivity contribution in [3.63, 3.8) is 0 Å². The molecule has 29 heavy (non-hydrogen) atoms. The van der Waals surface area contributed by atoms with Crippen LogP contribution in [-0.4, -0.2) is 46.2 Å². The molecular formula is C22H29ClN4O2. The first-order valence-corrected chi connectivity index (χ1v) is 10.4. The number of ether oxygens (including phenoxy) is 1. The van der Waals surface area contributed by atoms with E-state index in [2.05, 4.69) is 27.4 Å². The van der Waals surface area contributed by atoms with Gasteiger partial charge in [0, 0.05) is 31.4 Å². The van der Waals surface area contributed by atoms with Crippen molar-refractivity contribution in [3.8, 4) is 11.3 Å². The summed E-state index contributed by atoms with van der Waals surface area (Å²) in [5, 5.41) is 3.80. The molecule has 1 amide bonds. The molecule has 1 aliphatic rings. The van der Waals surface area contributed by atoms with Gasteiger partial charge in [-0.15, -0.1) is 0 Å². The van der Waals surface area contributed by atoms with E-state index in [-0.39, 0.29) is 11.4 Å². The number of aromatic nitrogens is 2. The summed E-state index contributed by atoms with van der Waals surface area (Å²) in [6.07, 6.45) is 3.45. The molecule has 1 aliphatic heterocycles. The maximum Gasteiger partial charge on any atom is 0.410 e. The number of piperidine rings is 1. The quantitative estimate of drug-likeness (QED) is 0.725. The smallest absolute Gasteiger partial charge is 0.410 e. The van der Waals surface area contributed by atoms with Gasteiger partial charge in [-0.2, -0.15) is 0 Å². The van der Waals surface area contributed by atoms with E-state index in [0.29, 0.717) is 5.92 Å². The van der Waals surface area contributed by atoms with Crippen LogP contribution in [-0.2, 0) is 11.3 Å². The highest BCUT2D eigenvalue weighted by Gasteiger charge is 2.26. The summed E-state index contributed by atoms with van der Waals surface area (Å²) in [7, 11) is 0. The van der Waals surface area contributed by atoms with Gasteiger partial charge in [0.15, 0.2) is 0 Å². The average Bonchev–Trinajstić information content (AvgIpc) is 2.67. The van der Waals surface area contributed by atoms with E-state index in [1.54, 1.807) is 6.20 Å². The second-order valence-corrected chi connectivity index (χ2v) is 8.79. The Bertz CT molecular complexity index is 830. The Balaban J connectivity index is 1.44. The Morgan fingerprint density at radius 2 is 2.03 bits per heavy atom. The topological polar surface area (TPSA) is 67.3 Å². The Morgan fingerprint density at radius 1 is 1.28 bits per heavy atom. The molecule has 156 valence electrons. The predicted octanol–water partition coefficient (Wildman–Crippen LogP) is 4.53. The van der Waals surface area contributed by atoms with Gasteiger partial charge in [-0.1, -0.05) is 18.2 Å². The first-order valence-electron chi connectivity index (χ1n) is 10.1. The largest absolute Gasteiger partial charge is 0.444 e. The molecule has 1 aromatic heterocycles. The number of likely N-dealkylation sites (tertiary alicyclic amines) is 1. The summed E-state index contributed by atoms with van der Waals surface area (Å²) in [6, 6.07) is 10.1. The Morgan fingerprint density at radius 3 is 2.72 bits per heavy atom. The Hall–Kier alpha value is -2.18. The van der Waals surface area contributed by atoms with Crippen LogP contribution in [0.3, 0.4) is 0 Å². The van der Waals surface area contributed by atoms with Crippen LogP contribution in [0.25, 0.3) is 11.3 Å². The molecule has 0 unspecified atom stereocenters. The minimum atomic E-state index is -0.443. The zero-order valence-electron chi connectivity index (χ0n) is 17.3. The van der Waals surface area contributed by atoms with Gasteiger partial charge in [0.05, 0.1) is 5.69 Å². The average molecular weight is 417 g/mol. The molecule has 1 saturated heterocycles. The SMILES string of the molecule is CC(C)(C)OC(=O)N1CCC(CNCc2cccc(-c3ccnc(Cl)n3)c2)CC1. The van der Waals surface area contributed by atoms with Gasteiger partial charge in [0.2, 0.25) is 5.28 Å². The first kappa shape index (κ1) is 21.5. The van der Waals surface area contributed by atoms with Crippen LogP contribution in [0.15, 0.2) is 36.5 Å². The highest BCUT2D eigenvalue weighted by atomic mass is 35.5. The lowest BCUT2D eigenvalue weighted by Crippen LogP contribution is -2.43. The summed E-state index contributed by atoms with van der Waals surface area (Å²) in [5.74, 6) is 0.567. The van der Waals surface area contributed by atoms with Crippen LogP contribution in [0.2, 0.25) is 5.28 Å². The maximum atomic E-state index is 12.2. The first-order chi connectivity index (χ1) is 13.8. The summed E-state index contributed by atoms with van der Waals surface area (Å²) in [6.45, 7) is 8.93. The third-order valence-electron chi connectivity index (χ3n) is 4.88. The molecule has 1 N–H and O–H groups in total. The van der Waals surface area contributed by atoms with Gasteiger partial charge in [0.25, 0.3) is 0 Å². The van der Waals surface area contributed by atoms with E-state index in [1.165, 1.54) is 5.56 Å². The highest BCUT2D eigenvalue weighted by molar-refractivity contribution is 6.28. The molecule has 1 aromatic carbocycles. The number of carbonyl (C=O) groups is 1. The van der Waals surface area contributed by atoms with Crippen molar-refractivity contribution >= 4 is 17.7 Å². The monoisotopic (exact) mass is 416 g/mol. The minimum absolute atomic E-state index is 0.203. The minimum Gasteiger partial charge on any atom is -0.444 e. The number of nitrogens with zero attached hydrogens (tertiary/aromatic N) is 3. The van der Waals surface area contributed by atoms with Gasteiger partial charge in [0.1, 0.15) is 5.60 Å². The van der Waals surface area contributed by atoms with Crippen molar-refractivity contribution in [2.24, 2.45) is 5.92 Å². The summed E-state index contributed by atoms with van der Waals surface area (Å²) in [5.41, 5.74) is 2.60. The number of halogens is 1. The van der Waals surface area contributed by atoms with Gasteiger partial charge in [-0.05, 0) is 75.4 Å². The van der Waals surface area contributed by atoms with Gasteiger partial charge in [-0.3, -0.25) is 0 Å². The summed E-state index contributed by atoms with van der Waals surface area (Å²) in [4.78, 5) is 22.2. The molecule has 6 nitrogen and oxygen atoms in total. The van der Waals surface area contributed by atoms with Crippen molar-refractivity contribution < 1.29 is 9.53 Å². The molecule has 3 rings (SSSR count). The predicted molar refractivity (Wildman–Crippen MR) is 115 cm³/mol. The van der Waals surface area contributed by atoms with Crippen molar-refractivity contribution in [1.29, 1.82) is 0 Å². The normalized spacial score (nSPS) is 15.4. The molecule has 0 radical (unpaired) electrons. The number of hydrogen-bond acceptors (Lipinski definition) is 5. The van der Waals surface area contributed by atoms with Crippen LogP contribution in [0, 0.1) is 5.92 Å². The molecule has 0 atom stereocenters. The lowest BCUT2D eigenvalue weighted by Gasteiger charge is -2.33. The molecule has 0 bridgehead atoms. The number of amides is 1. The summed E-state index contributed by atoms with van der Waals surface area (Å²) < 4.78 is 5.46. The fraction of sp³-hybridized carbons (Fsp3) is 0.500. The number of nitrogens with one attached hydrogen (secondary N) is 1. The van der Waals surface area contributed by atoms with Gasteiger partial charge < -0.3 is 15.0 Å². The van der Waals surface area contributed by atoms with Crippen molar-refractivity contribution in [1.82, 2.24) is 20.2 Å². The van der Waals surface area contributed by atoms with E-state index in [1.807, 2.05) is 43.9 Å². The number of rotatable bonds is 5. The second kappa shape index (κ2) is 9.55. The number of carbonyl (C=O) groups excluding carboxylic acids is 1. The van der Waals surface area contributed by atoms with E-state index < -0.39 is 5.60 Å². The third kappa shape index (κ3) is 6.68. The zero-order valence-corrected chi connectivity index (χ0v) is 18.1. The van der Waals surface area contributed by atoms with E-state index in [4.69, 9.17) is 16.3 Å². The van der Waals surface area contributed by atoms with Crippen LogP contribution in [0.5, 0.6) is 0 Å². The molecule has 2 heterocycles. The van der Waals surface area contributed by atoms with Crippen molar-refractivity contribution in [2.75, 3.05) is 19.6 Å². The standard InChI is InChI=1S/C22H29ClN4O2/c1-22(2,3)29-21(28)27-11-8-16(9-12-27)14-24-15-17-5-4-6-18(13-17)19-7-10-25-20(23)26-19/h4-7,10,13,16,24H,8-9,11-12,14-15H2,1-3H3. The molecule has 0 saturated carbocycles. The lowest BCUT2D eigenvalue weighted by atomic mass is 9.97.